The number of allylic oxidation sites excluding steroid dienone is 1. The molecule has 0 aromatic rings. The maximum Gasteiger partial charge on any atom is 0.332 e. The van der Waals surface area contributed by atoms with E-state index in [0.717, 1.165) is 6.42 Å². The van der Waals surface area contributed by atoms with E-state index in [9.17, 15) is 14.7 Å². The maximum absolute atomic E-state index is 11.8. The summed E-state index contributed by atoms with van der Waals surface area (Å²) in [5, 5.41) is 15.0. The van der Waals surface area contributed by atoms with Crippen LogP contribution in [-0.2, 0) is 19.0 Å². The summed E-state index contributed by atoms with van der Waals surface area (Å²) in [4.78, 5) is 22.9. The van der Waals surface area contributed by atoms with Crippen molar-refractivity contribution in [3.63, 3.8) is 0 Å². The van der Waals surface area contributed by atoms with Crippen molar-refractivity contribution in [2.75, 3.05) is 6.61 Å². The highest BCUT2D eigenvalue weighted by atomic mass is 16.6. The zero-order chi connectivity index (χ0) is 19.6. The lowest BCUT2D eigenvalue weighted by Gasteiger charge is -2.56. The third-order valence-electron chi connectivity index (χ3n) is 6.88. The van der Waals surface area contributed by atoms with Crippen LogP contribution in [0.2, 0.25) is 0 Å². The number of rotatable bonds is 3. The van der Waals surface area contributed by atoms with E-state index in [1.807, 2.05) is 19.9 Å². The van der Waals surface area contributed by atoms with Crippen molar-refractivity contribution in [1.82, 2.24) is 5.43 Å². The van der Waals surface area contributed by atoms with Crippen molar-refractivity contribution in [2.24, 2.45) is 21.7 Å². The number of carbonyl (C=O) groups excluding carboxylic acids is 2. The predicted octanol–water partition coefficient (Wildman–Crippen LogP) is 0.216. The van der Waals surface area contributed by atoms with Gasteiger partial charge in [-0.15, -0.1) is 0 Å². The van der Waals surface area contributed by atoms with Crippen LogP contribution in [-0.4, -0.2) is 59.9 Å². The molecule has 2 aliphatic heterocycles. The topological polar surface area (TPSA) is 136 Å². The van der Waals surface area contributed by atoms with Gasteiger partial charge in [0.1, 0.15) is 23.9 Å². The number of carbonyl (C=O) groups is 2. The van der Waals surface area contributed by atoms with Gasteiger partial charge in [-0.2, -0.15) is 5.10 Å². The SMILES string of the molecule is CC(=O)O[C@@H]1[C@@H](O)[C@H]2O[C@@H]3C=C(C)CC[C@]3(C=NNC(N)=O)[C@]1(C)[C@]21CO1. The number of hydrazone groups is 1. The molecule has 0 aromatic carbocycles. The number of urea groups is 1. The number of nitrogens with one attached hydrogen (secondary N) is 1. The van der Waals surface area contributed by atoms with E-state index >= 15 is 0 Å². The number of nitrogens with two attached hydrogens (primary N) is 1. The Balaban J connectivity index is 1.87. The number of fused-ring (bicyclic) bond motifs is 2. The lowest BCUT2D eigenvalue weighted by Crippen LogP contribution is -2.66. The molecule has 1 spiro atoms. The van der Waals surface area contributed by atoms with E-state index in [2.05, 4.69) is 10.5 Å². The fourth-order valence-corrected chi connectivity index (χ4v) is 5.46. The van der Waals surface area contributed by atoms with E-state index in [1.54, 1.807) is 6.21 Å². The molecule has 4 N–H and O–H groups in total. The highest BCUT2D eigenvalue weighted by molar-refractivity contribution is 5.76. The summed E-state index contributed by atoms with van der Waals surface area (Å²) in [6.07, 6.45) is 2.22. The van der Waals surface area contributed by atoms with Gasteiger partial charge in [0.2, 0.25) is 0 Å². The second-order valence-corrected chi connectivity index (χ2v) is 8.17. The first-order chi connectivity index (χ1) is 12.7. The Morgan fingerprint density at radius 1 is 1.52 bits per heavy atom. The number of aliphatic hydroxyl groups is 1. The first kappa shape index (κ1) is 18.4. The summed E-state index contributed by atoms with van der Waals surface area (Å²) in [6.45, 7) is 5.69. The lowest BCUT2D eigenvalue weighted by molar-refractivity contribution is -0.190. The van der Waals surface area contributed by atoms with Crippen molar-refractivity contribution in [2.45, 2.75) is 63.6 Å². The lowest BCUT2D eigenvalue weighted by atomic mass is 9.51. The molecule has 2 heterocycles. The molecule has 0 radical (unpaired) electrons. The summed E-state index contributed by atoms with van der Waals surface area (Å²) < 4.78 is 17.8. The van der Waals surface area contributed by atoms with Gasteiger partial charge < -0.3 is 25.1 Å². The van der Waals surface area contributed by atoms with Crippen LogP contribution in [0.5, 0.6) is 0 Å². The Hall–Kier alpha value is -1.97. The molecule has 9 nitrogen and oxygen atoms in total. The van der Waals surface area contributed by atoms with Gasteiger partial charge in [0, 0.05) is 18.6 Å². The smallest absolute Gasteiger partial charge is 0.332 e. The van der Waals surface area contributed by atoms with Crippen LogP contribution in [0.1, 0.15) is 33.6 Å². The quantitative estimate of drug-likeness (QED) is 0.211. The molecule has 0 unspecified atom stereocenters. The zero-order valence-electron chi connectivity index (χ0n) is 15.6. The van der Waals surface area contributed by atoms with Crippen LogP contribution >= 0.6 is 0 Å². The minimum atomic E-state index is -1.02. The molecule has 27 heavy (non-hydrogen) atoms. The van der Waals surface area contributed by atoms with Crippen molar-refractivity contribution in [3.05, 3.63) is 11.6 Å². The summed E-state index contributed by atoms with van der Waals surface area (Å²) in [5.74, 6) is -0.481. The molecular weight excluding hydrogens is 354 g/mol. The number of ether oxygens (including phenoxy) is 3. The monoisotopic (exact) mass is 379 g/mol. The summed E-state index contributed by atoms with van der Waals surface area (Å²) in [7, 11) is 0. The highest BCUT2D eigenvalue weighted by Gasteiger charge is 2.85. The number of hydrogen-bond donors (Lipinski definition) is 3. The summed E-state index contributed by atoms with van der Waals surface area (Å²) in [6, 6.07) is -0.776. The Morgan fingerprint density at radius 2 is 2.22 bits per heavy atom. The maximum atomic E-state index is 11.8. The fraction of sp³-hybridized carbons (Fsp3) is 0.722. The molecule has 3 fully saturated rings. The molecule has 148 valence electrons. The van der Waals surface area contributed by atoms with Crippen LogP contribution in [0.3, 0.4) is 0 Å². The third-order valence-corrected chi connectivity index (χ3v) is 6.88. The van der Waals surface area contributed by atoms with E-state index in [0.29, 0.717) is 13.0 Å². The molecule has 2 saturated heterocycles. The second-order valence-electron chi connectivity index (χ2n) is 8.17. The van der Waals surface area contributed by atoms with Crippen molar-refractivity contribution in [1.29, 1.82) is 0 Å². The Bertz CT molecular complexity index is 747. The zero-order valence-corrected chi connectivity index (χ0v) is 15.6. The normalized spacial score (nSPS) is 47.5. The molecular formula is C18H25N3O6. The Morgan fingerprint density at radius 3 is 2.81 bits per heavy atom. The number of amides is 2. The molecule has 4 aliphatic rings. The minimum absolute atomic E-state index is 0.398. The summed E-state index contributed by atoms with van der Waals surface area (Å²) in [5.41, 5.74) is 6.25. The predicted molar refractivity (Wildman–Crippen MR) is 93.6 cm³/mol. The minimum Gasteiger partial charge on any atom is -0.459 e. The van der Waals surface area contributed by atoms with Gasteiger partial charge in [-0.3, -0.25) is 4.79 Å². The van der Waals surface area contributed by atoms with Crippen molar-refractivity contribution >= 4 is 18.2 Å². The van der Waals surface area contributed by atoms with Crippen LogP contribution in [0.25, 0.3) is 0 Å². The highest BCUT2D eigenvalue weighted by Crippen LogP contribution is 2.71. The number of primary amides is 1. The number of epoxide rings is 1. The first-order valence-electron chi connectivity index (χ1n) is 9.09. The van der Waals surface area contributed by atoms with Gasteiger partial charge in [-0.25, -0.2) is 10.2 Å². The van der Waals surface area contributed by atoms with E-state index in [4.69, 9.17) is 19.9 Å². The largest absolute Gasteiger partial charge is 0.459 e. The number of nitrogens with zero attached hydrogens (tertiary/aromatic N) is 1. The molecule has 7 atom stereocenters. The van der Waals surface area contributed by atoms with E-state index in [-0.39, 0.29) is 0 Å². The number of hydrogen-bond acceptors (Lipinski definition) is 7. The number of aliphatic hydroxyl groups excluding tert-OH is 1. The number of esters is 1. The third kappa shape index (κ3) is 2.25. The van der Waals surface area contributed by atoms with Gasteiger partial charge in [0.15, 0.2) is 0 Å². The molecule has 1 saturated carbocycles. The summed E-state index contributed by atoms with van der Waals surface area (Å²) >= 11 is 0. The van der Waals surface area contributed by atoms with Gasteiger partial charge in [0.05, 0.1) is 18.1 Å². The molecule has 9 heteroatoms. The Kier molecular flexibility index (Phi) is 3.93. The fourth-order valence-electron chi connectivity index (χ4n) is 5.46. The molecule has 2 amide bonds. The van der Waals surface area contributed by atoms with Gasteiger partial charge >= 0.3 is 12.0 Å². The van der Waals surface area contributed by atoms with E-state index in [1.165, 1.54) is 12.5 Å². The molecule has 4 rings (SSSR count). The average molecular weight is 379 g/mol. The van der Waals surface area contributed by atoms with Crippen LogP contribution < -0.4 is 11.2 Å². The van der Waals surface area contributed by atoms with Gasteiger partial charge in [0.25, 0.3) is 0 Å². The first-order valence-corrected chi connectivity index (χ1v) is 9.09. The molecule has 2 aliphatic carbocycles. The molecule has 2 bridgehead atoms. The standard InChI is InChI=1S/C18H25N3O6/c1-9-4-5-17(7-20-21-15(19)24)11(6-9)27-14-12(23)13(26-10(2)22)16(17,3)18(14)8-25-18/h6-7,11-14,23H,4-5,8H2,1-3H3,(H3,19,21,24)/t11-,12-,13-,14-,16-,17-,18+/m1/s1. The Labute approximate surface area is 156 Å². The average Bonchev–Trinajstić information content (AvgIpc) is 3.36. The van der Waals surface area contributed by atoms with E-state index < -0.39 is 52.8 Å². The van der Waals surface area contributed by atoms with Gasteiger partial charge in [-0.1, -0.05) is 18.6 Å². The van der Waals surface area contributed by atoms with Crippen LogP contribution in [0.15, 0.2) is 16.8 Å². The molecule has 0 aromatic heterocycles. The second kappa shape index (κ2) is 5.76. The van der Waals surface area contributed by atoms with Gasteiger partial charge in [-0.05, 0) is 19.8 Å². The van der Waals surface area contributed by atoms with Crippen molar-refractivity contribution < 1.29 is 28.9 Å². The van der Waals surface area contributed by atoms with Crippen LogP contribution in [0.4, 0.5) is 4.79 Å². The van der Waals surface area contributed by atoms with Crippen LogP contribution in [0, 0.1) is 10.8 Å². The van der Waals surface area contributed by atoms with Crippen molar-refractivity contribution in [3.8, 4) is 0 Å².